The lowest BCUT2D eigenvalue weighted by Gasteiger charge is -2.03. The van der Waals surface area contributed by atoms with Gasteiger partial charge in [-0.25, -0.2) is 0 Å². The number of nitrogens with zero attached hydrogens (tertiary/aromatic N) is 1. The number of amides is 1. The molecule has 1 amide bonds. The summed E-state index contributed by atoms with van der Waals surface area (Å²) in [5, 5.41) is 3.73. The predicted molar refractivity (Wildman–Crippen MR) is 67.9 cm³/mol. The molecule has 1 aromatic carbocycles. The Morgan fingerprint density at radius 1 is 1.38 bits per heavy atom. The number of thiol groups is 1. The molecule has 0 aliphatic rings. The number of hydrogen-bond donors (Lipinski definition) is 2. The summed E-state index contributed by atoms with van der Waals surface area (Å²) in [6.45, 7) is 0.564. The molecule has 0 unspecified atom stereocenters. The molecule has 1 heterocycles. The van der Waals surface area contributed by atoms with Gasteiger partial charge in [0.1, 0.15) is 0 Å². The first-order chi connectivity index (χ1) is 7.81. The van der Waals surface area contributed by atoms with Crippen LogP contribution in [0.1, 0.15) is 10.4 Å². The molecule has 1 N–H and O–H groups in total. The molecule has 0 aliphatic heterocycles. The molecular formula is C12H12N2OS. The van der Waals surface area contributed by atoms with E-state index in [1.807, 2.05) is 30.3 Å². The van der Waals surface area contributed by atoms with Gasteiger partial charge in [0, 0.05) is 23.9 Å². The van der Waals surface area contributed by atoms with Crippen LogP contribution < -0.4 is 5.32 Å². The van der Waals surface area contributed by atoms with Gasteiger partial charge in [0.15, 0.2) is 0 Å². The van der Waals surface area contributed by atoms with Crippen LogP contribution in [0.2, 0.25) is 0 Å². The van der Waals surface area contributed by atoms with Gasteiger partial charge in [-0.2, -0.15) is 12.6 Å². The van der Waals surface area contributed by atoms with E-state index in [1.165, 1.54) is 0 Å². The number of rotatable bonds is 3. The number of fused-ring (bicyclic) bond motifs is 1. The second kappa shape index (κ2) is 4.99. The molecule has 0 spiro atoms. The summed E-state index contributed by atoms with van der Waals surface area (Å²) >= 11 is 4.04. The summed E-state index contributed by atoms with van der Waals surface area (Å²) in [4.78, 5) is 15.9. The van der Waals surface area contributed by atoms with Crippen molar-refractivity contribution in [2.75, 3.05) is 12.3 Å². The number of carbonyl (C=O) groups is 1. The molecule has 4 heteroatoms. The van der Waals surface area contributed by atoms with Crippen LogP contribution in [-0.4, -0.2) is 23.2 Å². The third-order valence-electron chi connectivity index (χ3n) is 2.25. The van der Waals surface area contributed by atoms with E-state index in [0.717, 1.165) is 10.9 Å². The first-order valence-electron chi connectivity index (χ1n) is 5.05. The maximum Gasteiger partial charge on any atom is 0.252 e. The topological polar surface area (TPSA) is 42.0 Å². The zero-order valence-electron chi connectivity index (χ0n) is 8.68. The average Bonchev–Trinajstić information content (AvgIpc) is 2.35. The minimum absolute atomic E-state index is 0.104. The highest BCUT2D eigenvalue weighted by atomic mass is 32.1. The fourth-order valence-corrected chi connectivity index (χ4v) is 1.58. The van der Waals surface area contributed by atoms with Gasteiger partial charge in [-0.1, -0.05) is 18.2 Å². The first-order valence-corrected chi connectivity index (χ1v) is 5.68. The molecule has 0 atom stereocenters. The van der Waals surface area contributed by atoms with Crippen molar-refractivity contribution in [2.24, 2.45) is 0 Å². The van der Waals surface area contributed by atoms with Gasteiger partial charge >= 0.3 is 0 Å². The largest absolute Gasteiger partial charge is 0.351 e. The Kier molecular flexibility index (Phi) is 3.41. The standard InChI is InChI=1S/C12H12N2OS/c15-12(13-5-6-16)10-7-9-3-1-2-4-11(9)14-8-10/h1-4,7-8,16H,5-6H2,(H,13,15). The molecule has 0 fully saturated rings. The zero-order valence-corrected chi connectivity index (χ0v) is 9.58. The summed E-state index contributed by atoms with van der Waals surface area (Å²) in [7, 11) is 0. The monoisotopic (exact) mass is 232 g/mol. The number of hydrogen-bond acceptors (Lipinski definition) is 3. The van der Waals surface area contributed by atoms with Crippen LogP contribution >= 0.6 is 12.6 Å². The lowest BCUT2D eigenvalue weighted by atomic mass is 10.1. The summed E-state index contributed by atoms with van der Waals surface area (Å²) < 4.78 is 0. The van der Waals surface area contributed by atoms with Crippen LogP contribution in [0, 0.1) is 0 Å². The highest BCUT2D eigenvalue weighted by Crippen LogP contribution is 2.12. The van der Waals surface area contributed by atoms with Crippen LogP contribution in [0.25, 0.3) is 10.9 Å². The molecule has 16 heavy (non-hydrogen) atoms. The Hall–Kier alpha value is -1.55. The Morgan fingerprint density at radius 3 is 3.00 bits per heavy atom. The molecule has 0 radical (unpaired) electrons. The van der Waals surface area contributed by atoms with E-state index in [-0.39, 0.29) is 5.91 Å². The van der Waals surface area contributed by atoms with E-state index in [0.29, 0.717) is 17.9 Å². The van der Waals surface area contributed by atoms with E-state index >= 15 is 0 Å². The normalized spacial score (nSPS) is 10.3. The maximum atomic E-state index is 11.7. The Balaban J connectivity index is 2.28. The molecule has 1 aromatic heterocycles. The van der Waals surface area contributed by atoms with E-state index < -0.39 is 0 Å². The Bertz CT molecular complexity index is 513. The number of nitrogens with one attached hydrogen (secondary N) is 1. The number of benzene rings is 1. The lowest BCUT2D eigenvalue weighted by Crippen LogP contribution is -2.25. The second-order valence-corrected chi connectivity index (χ2v) is 3.84. The van der Waals surface area contributed by atoms with Crippen molar-refractivity contribution in [3.63, 3.8) is 0 Å². The smallest absolute Gasteiger partial charge is 0.252 e. The molecule has 0 bridgehead atoms. The number of pyridine rings is 1. The number of carbonyl (C=O) groups excluding carboxylic acids is 1. The van der Waals surface area contributed by atoms with Crippen LogP contribution in [0.3, 0.4) is 0 Å². The first kappa shape index (κ1) is 11.0. The number of para-hydroxylation sites is 1. The van der Waals surface area contributed by atoms with Gasteiger partial charge in [-0.3, -0.25) is 9.78 Å². The fraction of sp³-hybridized carbons (Fsp3) is 0.167. The van der Waals surface area contributed by atoms with Crippen LogP contribution in [0.5, 0.6) is 0 Å². The molecule has 0 aliphatic carbocycles. The Morgan fingerprint density at radius 2 is 2.19 bits per heavy atom. The Labute approximate surface area is 99.3 Å². The third-order valence-corrected chi connectivity index (χ3v) is 2.47. The molecular weight excluding hydrogens is 220 g/mol. The SMILES string of the molecule is O=C(NCCS)c1cnc2ccccc2c1. The highest BCUT2D eigenvalue weighted by molar-refractivity contribution is 7.80. The summed E-state index contributed by atoms with van der Waals surface area (Å²) in [6, 6.07) is 9.56. The van der Waals surface area contributed by atoms with Crippen LogP contribution in [0.4, 0.5) is 0 Å². The molecule has 2 aromatic rings. The van der Waals surface area contributed by atoms with Gasteiger partial charge in [-0.05, 0) is 12.1 Å². The number of aromatic nitrogens is 1. The van der Waals surface area contributed by atoms with E-state index in [1.54, 1.807) is 6.20 Å². The van der Waals surface area contributed by atoms with Gasteiger partial charge < -0.3 is 5.32 Å². The van der Waals surface area contributed by atoms with Crippen LogP contribution in [-0.2, 0) is 0 Å². The average molecular weight is 232 g/mol. The van der Waals surface area contributed by atoms with Gasteiger partial charge in [-0.15, -0.1) is 0 Å². The lowest BCUT2D eigenvalue weighted by molar-refractivity contribution is 0.0956. The van der Waals surface area contributed by atoms with Crippen molar-refractivity contribution in [2.45, 2.75) is 0 Å². The molecule has 3 nitrogen and oxygen atoms in total. The van der Waals surface area contributed by atoms with Crippen molar-refractivity contribution < 1.29 is 4.79 Å². The third kappa shape index (κ3) is 2.33. The summed E-state index contributed by atoms with van der Waals surface area (Å²) in [6.07, 6.45) is 1.59. The van der Waals surface area contributed by atoms with E-state index in [2.05, 4.69) is 22.9 Å². The summed E-state index contributed by atoms with van der Waals surface area (Å²) in [5.74, 6) is 0.527. The molecule has 0 saturated heterocycles. The predicted octanol–water partition coefficient (Wildman–Crippen LogP) is 1.89. The van der Waals surface area contributed by atoms with Gasteiger partial charge in [0.2, 0.25) is 0 Å². The van der Waals surface area contributed by atoms with Crippen LogP contribution in [0.15, 0.2) is 36.5 Å². The van der Waals surface area contributed by atoms with Gasteiger partial charge in [0.05, 0.1) is 11.1 Å². The highest BCUT2D eigenvalue weighted by Gasteiger charge is 2.05. The van der Waals surface area contributed by atoms with E-state index in [4.69, 9.17) is 0 Å². The zero-order chi connectivity index (χ0) is 11.4. The molecule has 82 valence electrons. The van der Waals surface area contributed by atoms with Crippen molar-refractivity contribution in [1.29, 1.82) is 0 Å². The quantitative estimate of drug-likeness (QED) is 0.794. The summed E-state index contributed by atoms with van der Waals surface area (Å²) in [5.41, 5.74) is 1.48. The molecule has 0 saturated carbocycles. The van der Waals surface area contributed by atoms with Gasteiger partial charge in [0.25, 0.3) is 5.91 Å². The minimum atomic E-state index is -0.104. The fourth-order valence-electron chi connectivity index (χ4n) is 1.47. The van der Waals surface area contributed by atoms with E-state index in [9.17, 15) is 4.79 Å². The van der Waals surface area contributed by atoms with Crippen molar-refractivity contribution in [3.05, 3.63) is 42.1 Å². The van der Waals surface area contributed by atoms with Crippen molar-refractivity contribution in [1.82, 2.24) is 10.3 Å². The minimum Gasteiger partial charge on any atom is -0.351 e. The van der Waals surface area contributed by atoms with Crippen molar-refractivity contribution >= 4 is 29.4 Å². The molecule has 2 rings (SSSR count). The van der Waals surface area contributed by atoms with Crippen molar-refractivity contribution in [3.8, 4) is 0 Å². The maximum absolute atomic E-state index is 11.7. The second-order valence-electron chi connectivity index (χ2n) is 3.40.